The maximum atomic E-state index is 12.1. The zero-order chi connectivity index (χ0) is 14.9. The number of likely N-dealkylation sites (tertiary alicyclic amines) is 1. The van der Waals surface area contributed by atoms with Crippen molar-refractivity contribution in [1.82, 2.24) is 15.0 Å². The summed E-state index contributed by atoms with van der Waals surface area (Å²) >= 11 is 0. The van der Waals surface area contributed by atoms with Crippen molar-refractivity contribution in [2.75, 3.05) is 6.54 Å². The van der Waals surface area contributed by atoms with E-state index in [1.165, 1.54) is 0 Å². The normalized spacial score (nSPS) is 23.1. The lowest BCUT2D eigenvalue weighted by molar-refractivity contribution is 0.0233. The first-order chi connectivity index (χ1) is 9.24. The van der Waals surface area contributed by atoms with Gasteiger partial charge < -0.3 is 14.2 Å². The van der Waals surface area contributed by atoms with Gasteiger partial charge in [0.25, 0.3) is 0 Å². The van der Waals surface area contributed by atoms with E-state index >= 15 is 0 Å². The van der Waals surface area contributed by atoms with Crippen LogP contribution < -0.4 is 0 Å². The van der Waals surface area contributed by atoms with Crippen LogP contribution in [0.5, 0.6) is 0 Å². The maximum Gasteiger partial charge on any atom is 0.410 e. The van der Waals surface area contributed by atoms with Crippen LogP contribution in [0, 0.1) is 12.8 Å². The molecule has 2 rings (SSSR count). The summed E-state index contributed by atoms with van der Waals surface area (Å²) in [6.07, 6.45) is 1.44. The summed E-state index contributed by atoms with van der Waals surface area (Å²) in [6.45, 7) is 10.2. The van der Waals surface area contributed by atoms with Gasteiger partial charge in [-0.3, -0.25) is 0 Å². The van der Waals surface area contributed by atoms with Gasteiger partial charge in [0.1, 0.15) is 5.60 Å². The fourth-order valence-corrected chi connectivity index (χ4v) is 2.55. The third-order valence-electron chi connectivity index (χ3n) is 3.33. The Balaban J connectivity index is 1.93. The Bertz CT molecular complexity index is 478. The molecule has 6 nitrogen and oxygen atoms in total. The number of carbonyl (C=O) groups excluding carboxylic acids is 1. The van der Waals surface area contributed by atoms with E-state index in [0.29, 0.717) is 24.2 Å². The molecule has 0 bridgehead atoms. The van der Waals surface area contributed by atoms with Gasteiger partial charge >= 0.3 is 6.09 Å². The lowest BCUT2D eigenvalue weighted by Gasteiger charge is -2.27. The van der Waals surface area contributed by atoms with Gasteiger partial charge in [-0.05, 0) is 40.0 Å². The van der Waals surface area contributed by atoms with Crippen molar-refractivity contribution in [1.29, 1.82) is 0 Å². The van der Waals surface area contributed by atoms with Gasteiger partial charge in [0.2, 0.25) is 5.89 Å². The average Bonchev–Trinajstić information content (AvgIpc) is 2.83. The minimum absolute atomic E-state index is 0.183. The van der Waals surface area contributed by atoms with Crippen molar-refractivity contribution in [2.24, 2.45) is 5.92 Å². The molecule has 20 heavy (non-hydrogen) atoms. The number of carbonyl (C=O) groups is 1. The number of hydrogen-bond acceptors (Lipinski definition) is 5. The standard InChI is InChI=1S/C14H23N3O3/c1-9-6-11(7-12-15-10(2)20-16-12)8-17(9)13(18)19-14(3,4)5/h9,11H,6-8H2,1-5H3/t9-,11?/m0/s1. The smallest absolute Gasteiger partial charge is 0.410 e. The molecule has 1 aliphatic heterocycles. The molecule has 0 aliphatic carbocycles. The van der Waals surface area contributed by atoms with Gasteiger partial charge in [0.05, 0.1) is 0 Å². The molecule has 0 N–H and O–H groups in total. The Morgan fingerprint density at radius 2 is 2.20 bits per heavy atom. The molecule has 1 aromatic rings. The summed E-state index contributed by atoms with van der Waals surface area (Å²) in [7, 11) is 0. The molecule has 0 saturated carbocycles. The van der Waals surface area contributed by atoms with Crippen LogP contribution in [-0.4, -0.2) is 39.3 Å². The molecule has 0 radical (unpaired) electrons. The fraction of sp³-hybridized carbons (Fsp3) is 0.786. The van der Waals surface area contributed by atoms with Crippen LogP contribution in [-0.2, 0) is 11.2 Å². The van der Waals surface area contributed by atoms with Gasteiger partial charge in [0, 0.05) is 25.9 Å². The van der Waals surface area contributed by atoms with Crippen LogP contribution in [0.3, 0.4) is 0 Å². The number of rotatable bonds is 2. The van der Waals surface area contributed by atoms with Crippen LogP contribution in [0.1, 0.15) is 45.8 Å². The van der Waals surface area contributed by atoms with Crippen LogP contribution in [0.4, 0.5) is 4.79 Å². The highest BCUT2D eigenvalue weighted by atomic mass is 16.6. The van der Waals surface area contributed by atoms with Crippen molar-refractivity contribution in [3.8, 4) is 0 Å². The van der Waals surface area contributed by atoms with Crippen molar-refractivity contribution in [2.45, 2.75) is 59.1 Å². The topological polar surface area (TPSA) is 68.5 Å². The average molecular weight is 281 g/mol. The Morgan fingerprint density at radius 3 is 2.75 bits per heavy atom. The van der Waals surface area contributed by atoms with E-state index in [1.54, 1.807) is 11.8 Å². The van der Waals surface area contributed by atoms with E-state index in [9.17, 15) is 4.79 Å². The summed E-state index contributed by atoms with van der Waals surface area (Å²) < 4.78 is 10.4. The molecule has 1 fully saturated rings. The number of ether oxygens (including phenoxy) is 1. The van der Waals surface area contributed by atoms with E-state index in [0.717, 1.165) is 12.8 Å². The predicted octanol–water partition coefficient (Wildman–Crippen LogP) is 2.57. The third-order valence-corrected chi connectivity index (χ3v) is 3.33. The van der Waals surface area contributed by atoms with Crippen LogP contribution in [0.15, 0.2) is 4.52 Å². The Morgan fingerprint density at radius 1 is 1.50 bits per heavy atom. The summed E-state index contributed by atoms with van der Waals surface area (Å²) in [4.78, 5) is 18.1. The zero-order valence-corrected chi connectivity index (χ0v) is 12.8. The SMILES string of the molecule is Cc1nc(CC2C[C@H](C)N(C(=O)OC(C)(C)C)C2)no1. The monoisotopic (exact) mass is 281 g/mol. The van der Waals surface area contributed by atoms with Crippen molar-refractivity contribution >= 4 is 6.09 Å². The molecule has 1 saturated heterocycles. The summed E-state index contributed by atoms with van der Waals surface area (Å²) in [5.74, 6) is 1.65. The molecule has 112 valence electrons. The van der Waals surface area contributed by atoms with Gasteiger partial charge in [-0.1, -0.05) is 5.16 Å². The van der Waals surface area contributed by atoms with Crippen LogP contribution in [0.25, 0.3) is 0 Å². The Hall–Kier alpha value is -1.59. The highest BCUT2D eigenvalue weighted by Crippen LogP contribution is 2.27. The molecule has 1 aliphatic rings. The van der Waals surface area contributed by atoms with E-state index in [-0.39, 0.29) is 12.1 Å². The molecule has 0 aromatic carbocycles. The molecule has 1 amide bonds. The van der Waals surface area contributed by atoms with Gasteiger partial charge in [-0.15, -0.1) is 0 Å². The molecular formula is C14H23N3O3. The quantitative estimate of drug-likeness (QED) is 0.833. The van der Waals surface area contributed by atoms with Crippen molar-refractivity contribution < 1.29 is 14.1 Å². The lowest BCUT2D eigenvalue weighted by Crippen LogP contribution is -2.38. The molecule has 0 spiro atoms. The van der Waals surface area contributed by atoms with Gasteiger partial charge in [-0.2, -0.15) is 4.98 Å². The number of aryl methyl sites for hydroxylation is 1. The van der Waals surface area contributed by atoms with E-state index in [4.69, 9.17) is 9.26 Å². The Labute approximate surface area is 119 Å². The van der Waals surface area contributed by atoms with E-state index in [1.807, 2.05) is 27.7 Å². The maximum absolute atomic E-state index is 12.1. The molecule has 1 aromatic heterocycles. The largest absolute Gasteiger partial charge is 0.444 e. The first-order valence-corrected chi connectivity index (χ1v) is 7.03. The van der Waals surface area contributed by atoms with Crippen molar-refractivity contribution in [3.05, 3.63) is 11.7 Å². The first-order valence-electron chi connectivity index (χ1n) is 7.03. The number of hydrogen-bond donors (Lipinski definition) is 0. The molecule has 2 atom stereocenters. The number of nitrogens with zero attached hydrogens (tertiary/aromatic N) is 3. The predicted molar refractivity (Wildman–Crippen MR) is 73.2 cm³/mol. The highest BCUT2D eigenvalue weighted by Gasteiger charge is 2.35. The second kappa shape index (κ2) is 5.42. The lowest BCUT2D eigenvalue weighted by atomic mass is 10.0. The number of aromatic nitrogens is 2. The Kier molecular flexibility index (Phi) is 4.01. The van der Waals surface area contributed by atoms with E-state index in [2.05, 4.69) is 10.1 Å². The fourth-order valence-electron chi connectivity index (χ4n) is 2.55. The molecular weight excluding hydrogens is 258 g/mol. The number of amides is 1. The van der Waals surface area contributed by atoms with Gasteiger partial charge in [-0.25, -0.2) is 4.79 Å². The highest BCUT2D eigenvalue weighted by molar-refractivity contribution is 5.69. The third kappa shape index (κ3) is 3.71. The molecule has 6 heteroatoms. The van der Waals surface area contributed by atoms with Crippen molar-refractivity contribution in [3.63, 3.8) is 0 Å². The minimum Gasteiger partial charge on any atom is -0.444 e. The summed E-state index contributed by atoms with van der Waals surface area (Å²) in [5.41, 5.74) is -0.459. The minimum atomic E-state index is -0.459. The second-order valence-corrected chi connectivity index (χ2v) is 6.52. The van der Waals surface area contributed by atoms with Crippen LogP contribution in [0.2, 0.25) is 0 Å². The van der Waals surface area contributed by atoms with Gasteiger partial charge in [0.15, 0.2) is 5.82 Å². The van der Waals surface area contributed by atoms with E-state index < -0.39 is 5.60 Å². The first kappa shape index (κ1) is 14.8. The second-order valence-electron chi connectivity index (χ2n) is 6.52. The summed E-state index contributed by atoms with van der Waals surface area (Å²) in [5, 5.41) is 3.91. The summed E-state index contributed by atoms with van der Waals surface area (Å²) in [6, 6.07) is 0.183. The zero-order valence-electron chi connectivity index (χ0n) is 12.8. The molecule has 2 heterocycles. The van der Waals surface area contributed by atoms with Crippen LogP contribution >= 0.6 is 0 Å². The molecule has 1 unspecified atom stereocenters.